The predicted molar refractivity (Wildman–Crippen MR) is 164 cm³/mol. The van der Waals surface area contributed by atoms with Crippen molar-refractivity contribution in [1.29, 1.82) is 0 Å². The number of carbonyl (C=O) groups excluding carboxylic acids is 3. The van der Waals surface area contributed by atoms with Crippen molar-refractivity contribution in [3.63, 3.8) is 0 Å². The minimum Gasteiger partial charge on any atom is -0.449 e. The zero-order chi connectivity index (χ0) is 30.6. The van der Waals surface area contributed by atoms with Gasteiger partial charge in [-0.1, -0.05) is 54.6 Å². The molecule has 0 radical (unpaired) electrons. The lowest BCUT2D eigenvalue weighted by Gasteiger charge is -2.43. The van der Waals surface area contributed by atoms with Crippen molar-refractivity contribution in [1.82, 2.24) is 20.5 Å². The van der Waals surface area contributed by atoms with E-state index in [0.717, 1.165) is 27.9 Å². The summed E-state index contributed by atoms with van der Waals surface area (Å²) in [5, 5.41) is 5.89. The smallest absolute Gasteiger partial charge is 0.410 e. The number of fused-ring (bicyclic) bond motifs is 3. The van der Waals surface area contributed by atoms with Crippen molar-refractivity contribution in [3.8, 4) is 11.1 Å². The Morgan fingerprint density at radius 3 is 2.14 bits per heavy atom. The highest BCUT2D eigenvalue weighted by Crippen LogP contribution is 2.44. The minimum absolute atomic E-state index is 0.0703. The molecule has 226 valence electrons. The van der Waals surface area contributed by atoms with Gasteiger partial charge in [0.05, 0.1) is 0 Å². The molecule has 0 spiro atoms. The molecule has 43 heavy (non-hydrogen) atoms. The third-order valence-corrected chi connectivity index (χ3v) is 8.08. The molecular weight excluding hydrogens is 544 g/mol. The summed E-state index contributed by atoms with van der Waals surface area (Å²) >= 11 is 0. The van der Waals surface area contributed by atoms with Gasteiger partial charge in [0.1, 0.15) is 18.2 Å². The quantitative estimate of drug-likeness (QED) is 0.383. The zero-order valence-corrected chi connectivity index (χ0v) is 25.3. The van der Waals surface area contributed by atoms with E-state index < -0.39 is 23.3 Å². The van der Waals surface area contributed by atoms with Gasteiger partial charge in [-0.15, -0.1) is 0 Å². The third kappa shape index (κ3) is 7.16. The average molecular weight is 585 g/mol. The van der Waals surface area contributed by atoms with Crippen LogP contribution in [0.1, 0.15) is 63.3 Å². The monoisotopic (exact) mass is 584 g/mol. The first kappa shape index (κ1) is 30.1. The number of nitrogens with zero attached hydrogens (tertiary/aromatic N) is 2. The first-order chi connectivity index (χ1) is 20.5. The second kappa shape index (κ2) is 12.5. The second-order valence-corrected chi connectivity index (χ2v) is 12.4. The Bertz CT molecular complexity index is 1420. The number of aromatic nitrogens is 1. The largest absolute Gasteiger partial charge is 0.449 e. The van der Waals surface area contributed by atoms with E-state index in [4.69, 9.17) is 9.47 Å². The van der Waals surface area contributed by atoms with Crippen LogP contribution in [0.2, 0.25) is 0 Å². The van der Waals surface area contributed by atoms with Crippen LogP contribution in [0.5, 0.6) is 0 Å². The second-order valence-electron chi connectivity index (χ2n) is 12.4. The maximum Gasteiger partial charge on any atom is 0.410 e. The van der Waals surface area contributed by atoms with Gasteiger partial charge in [0.25, 0.3) is 0 Å². The minimum atomic E-state index is -0.833. The molecule has 0 bridgehead atoms. The summed E-state index contributed by atoms with van der Waals surface area (Å²) < 4.78 is 11.2. The standard InChI is InChI=1S/C34H40N4O5/c1-23(36-31(40)42-22-29-27-14-7-5-12-25(27)26-13-6-8-15-28(26)29)30(39)37-34(21-24-11-9-10-18-35-24)16-19-38(20-17-34)32(41)43-33(2,3)4/h5-15,18,23,29H,16-17,19-22H2,1-4H3,(H,36,40)(H,37,39)/t23-/m1/s1. The van der Waals surface area contributed by atoms with Gasteiger partial charge < -0.3 is 25.0 Å². The molecule has 1 saturated heterocycles. The average Bonchev–Trinajstić information content (AvgIpc) is 3.29. The number of pyridine rings is 1. The summed E-state index contributed by atoms with van der Waals surface area (Å²) in [5.74, 6) is -0.394. The number of carbonyl (C=O) groups is 3. The maximum atomic E-state index is 13.4. The predicted octanol–water partition coefficient (Wildman–Crippen LogP) is 5.44. The first-order valence-electron chi connectivity index (χ1n) is 14.8. The topological polar surface area (TPSA) is 110 Å². The summed E-state index contributed by atoms with van der Waals surface area (Å²) in [6.45, 7) is 8.17. The van der Waals surface area contributed by atoms with Crippen LogP contribution in [-0.2, 0) is 20.7 Å². The molecule has 1 aliphatic carbocycles. The number of hydrogen-bond donors (Lipinski definition) is 2. The Balaban J connectivity index is 1.20. The molecule has 2 aliphatic rings. The molecule has 2 aromatic carbocycles. The van der Waals surface area contributed by atoms with E-state index >= 15 is 0 Å². The number of hydrogen-bond acceptors (Lipinski definition) is 6. The molecule has 9 nitrogen and oxygen atoms in total. The van der Waals surface area contributed by atoms with Gasteiger partial charge in [-0.2, -0.15) is 0 Å². The highest BCUT2D eigenvalue weighted by molar-refractivity contribution is 5.86. The van der Waals surface area contributed by atoms with Crippen LogP contribution in [-0.4, -0.2) is 64.9 Å². The van der Waals surface area contributed by atoms with Crippen LogP contribution >= 0.6 is 0 Å². The van der Waals surface area contributed by atoms with E-state index in [1.807, 2.05) is 63.2 Å². The number of amides is 3. The summed E-state index contributed by atoms with van der Waals surface area (Å²) in [6.07, 6.45) is 2.25. The lowest BCUT2D eigenvalue weighted by molar-refractivity contribution is -0.125. The fourth-order valence-electron chi connectivity index (χ4n) is 5.89. The SMILES string of the molecule is C[C@@H](NC(=O)OCC1c2ccccc2-c2ccccc21)C(=O)NC1(Cc2ccccn2)CCN(C(=O)OC(C)(C)C)CC1. The van der Waals surface area contributed by atoms with Crippen molar-refractivity contribution in [3.05, 3.63) is 89.7 Å². The van der Waals surface area contributed by atoms with Crippen molar-refractivity contribution >= 4 is 18.1 Å². The van der Waals surface area contributed by atoms with Gasteiger partial charge in [0.15, 0.2) is 0 Å². The number of piperidine rings is 1. The summed E-state index contributed by atoms with van der Waals surface area (Å²) in [5.41, 5.74) is 4.15. The van der Waals surface area contributed by atoms with E-state index in [1.165, 1.54) is 0 Å². The zero-order valence-electron chi connectivity index (χ0n) is 25.3. The molecule has 0 unspecified atom stereocenters. The van der Waals surface area contributed by atoms with Crippen LogP contribution in [0.15, 0.2) is 72.9 Å². The molecular formula is C34H40N4O5. The fraction of sp³-hybridized carbons (Fsp3) is 0.412. The molecule has 1 atom stereocenters. The van der Waals surface area contributed by atoms with E-state index in [2.05, 4.69) is 39.9 Å². The first-order valence-corrected chi connectivity index (χ1v) is 14.8. The van der Waals surface area contributed by atoms with E-state index in [9.17, 15) is 14.4 Å². The number of alkyl carbamates (subject to hydrolysis) is 1. The van der Waals surface area contributed by atoms with Crippen LogP contribution in [0.25, 0.3) is 11.1 Å². The highest BCUT2D eigenvalue weighted by atomic mass is 16.6. The lowest BCUT2D eigenvalue weighted by atomic mass is 9.82. The number of rotatable bonds is 7. The molecule has 5 rings (SSSR count). The Morgan fingerprint density at radius 2 is 1.56 bits per heavy atom. The van der Waals surface area contributed by atoms with Gasteiger partial charge in [0.2, 0.25) is 5.91 Å². The van der Waals surface area contributed by atoms with Crippen molar-refractivity contribution in [2.45, 2.75) is 70.1 Å². The Labute approximate surface area is 253 Å². The summed E-state index contributed by atoms with van der Waals surface area (Å²) in [7, 11) is 0. The molecule has 1 aliphatic heterocycles. The Morgan fingerprint density at radius 1 is 0.953 bits per heavy atom. The molecule has 1 fully saturated rings. The molecule has 3 amide bonds. The van der Waals surface area contributed by atoms with Crippen LogP contribution in [0, 0.1) is 0 Å². The van der Waals surface area contributed by atoms with Crippen LogP contribution in [0.3, 0.4) is 0 Å². The van der Waals surface area contributed by atoms with Gasteiger partial charge in [0, 0.05) is 42.9 Å². The van der Waals surface area contributed by atoms with E-state index in [0.29, 0.717) is 32.4 Å². The van der Waals surface area contributed by atoms with Crippen molar-refractivity contribution in [2.75, 3.05) is 19.7 Å². The number of nitrogens with one attached hydrogen (secondary N) is 2. The Hall–Kier alpha value is -4.40. The summed E-state index contributed by atoms with van der Waals surface area (Å²) in [4.78, 5) is 45.1. The lowest BCUT2D eigenvalue weighted by Crippen LogP contribution is -2.60. The highest BCUT2D eigenvalue weighted by Gasteiger charge is 2.40. The Kier molecular flexibility index (Phi) is 8.71. The van der Waals surface area contributed by atoms with E-state index in [-0.39, 0.29) is 24.5 Å². The molecule has 2 heterocycles. The van der Waals surface area contributed by atoms with Crippen LogP contribution in [0.4, 0.5) is 9.59 Å². The van der Waals surface area contributed by atoms with Gasteiger partial charge in [-0.05, 0) is 74.9 Å². The normalized spacial score (nSPS) is 16.4. The molecule has 0 saturated carbocycles. The maximum absolute atomic E-state index is 13.4. The van der Waals surface area contributed by atoms with Gasteiger partial charge >= 0.3 is 12.2 Å². The fourth-order valence-corrected chi connectivity index (χ4v) is 5.89. The molecule has 2 N–H and O–H groups in total. The molecule has 9 heteroatoms. The summed E-state index contributed by atoms with van der Waals surface area (Å²) in [6, 6.07) is 21.1. The third-order valence-electron chi connectivity index (χ3n) is 8.08. The number of likely N-dealkylation sites (tertiary alicyclic amines) is 1. The van der Waals surface area contributed by atoms with Crippen molar-refractivity contribution in [2.24, 2.45) is 0 Å². The molecule has 3 aromatic rings. The van der Waals surface area contributed by atoms with E-state index in [1.54, 1.807) is 18.0 Å². The molecule has 1 aromatic heterocycles. The van der Waals surface area contributed by atoms with Gasteiger partial charge in [-0.3, -0.25) is 9.78 Å². The number of ether oxygens (including phenoxy) is 2. The van der Waals surface area contributed by atoms with Gasteiger partial charge in [-0.25, -0.2) is 9.59 Å². The number of benzene rings is 2. The van der Waals surface area contributed by atoms with Crippen LogP contribution < -0.4 is 10.6 Å². The van der Waals surface area contributed by atoms with Crippen molar-refractivity contribution < 1.29 is 23.9 Å².